The predicted molar refractivity (Wildman–Crippen MR) is 87.4 cm³/mol. The number of hydrogen-bond donors (Lipinski definition) is 2. The fourth-order valence-electron chi connectivity index (χ4n) is 2.70. The quantitative estimate of drug-likeness (QED) is 0.811. The molecule has 0 saturated carbocycles. The van der Waals surface area contributed by atoms with Crippen molar-refractivity contribution in [1.82, 2.24) is 10.6 Å². The van der Waals surface area contributed by atoms with Gasteiger partial charge < -0.3 is 10.6 Å². The Morgan fingerprint density at radius 1 is 1.32 bits per heavy atom. The van der Waals surface area contributed by atoms with Crippen molar-refractivity contribution in [2.75, 3.05) is 12.3 Å². The molecule has 6 nitrogen and oxygen atoms in total. The standard InChI is InChI=1S/C16H20F2N2O4S/c1-10(15-11(17)5-4-6-12(15)18)25(23,24)9-14(21)20-13-7-2-3-8-19-16(13)22/h4-6,10,13H,2-3,7-9H2,1H3,(H,19,22)(H,20,21). The van der Waals surface area contributed by atoms with Gasteiger partial charge in [-0.15, -0.1) is 0 Å². The Hall–Kier alpha value is -2.03. The van der Waals surface area contributed by atoms with Gasteiger partial charge in [0.05, 0.1) is 5.25 Å². The zero-order valence-corrected chi connectivity index (χ0v) is 14.5. The highest BCUT2D eigenvalue weighted by molar-refractivity contribution is 7.92. The summed E-state index contributed by atoms with van der Waals surface area (Å²) in [7, 11) is -4.16. The Morgan fingerprint density at radius 3 is 2.60 bits per heavy atom. The second-order valence-electron chi connectivity index (χ2n) is 5.99. The summed E-state index contributed by atoms with van der Waals surface area (Å²) in [5.74, 6) is -4.16. The van der Waals surface area contributed by atoms with Crippen molar-refractivity contribution in [2.45, 2.75) is 37.5 Å². The zero-order valence-electron chi connectivity index (χ0n) is 13.7. The Bertz CT molecular complexity index is 747. The van der Waals surface area contributed by atoms with Gasteiger partial charge in [0.2, 0.25) is 11.8 Å². The molecule has 1 fully saturated rings. The molecule has 9 heteroatoms. The summed E-state index contributed by atoms with van der Waals surface area (Å²) in [5, 5.41) is 3.48. The van der Waals surface area contributed by atoms with Crippen LogP contribution in [0.15, 0.2) is 18.2 Å². The van der Waals surface area contributed by atoms with E-state index in [2.05, 4.69) is 10.6 Å². The van der Waals surface area contributed by atoms with E-state index in [1.807, 2.05) is 0 Å². The van der Waals surface area contributed by atoms with Gasteiger partial charge in [0.1, 0.15) is 23.4 Å². The van der Waals surface area contributed by atoms with Gasteiger partial charge >= 0.3 is 0 Å². The SMILES string of the molecule is CC(c1c(F)cccc1F)S(=O)(=O)CC(=O)NC1CCCCNC1=O. The van der Waals surface area contributed by atoms with Gasteiger partial charge in [-0.25, -0.2) is 17.2 Å². The first-order valence-corrected chi connectivity index (χ1v) is 9.66. The molecule has 2 atom stereocenters. The van der Waals surface area contributed by atoms with E-state index in [4.69, 9.17) is 0 Å². The molecule has 25 heavy (non-hydrogen) atoms. The lowest BCUT2D eigenvalue weighted by Crippen LogP contribution is -2.47. The van der Waals surface area contributed by atoms with Gasteiger partial charge in [-0.2, -0.15) is 0 Å². The number of carbonyl (C=O) groups excluding carboxylic acids is 2. The van der Waals surface area contributed by atoms with E-state index < -0.39 is 50.0 Å². The molecule has 2 unspecified atom stereocenters. The molecule has 0 aliphatic carbocycles. The first kappa shape index (κ1) is 19.3. The van der Waals surface area contributed by atoms with Crippen LogP contribution in [0.25, 0.3) is 0 Å². The van der Waals surface area contributed by atoms with Crippen molar-refractivity contribution < 1.29 is 26.8 Å². The van der Waals surface area contributed by atoms with Crippen LogP contribution in [0.2, 0.25) is 0 Å². The summed E-state index contributed by atoms with van der Waals surface area (Å²) in [5.41, 5.74) is -0.595. The van der Waals surface area contributed by atoms with Gasteiger partial charge in [-0.3, -0.25) is 9.59 Å². The maximum atomic E-state index is 13.8. The molecule has 1 aromatic rings. The van der Waals surface area contributed by atoms with Crippen molar-refractivity contribution in [3.05, 3.63) is 35.4 Å². The summed E-state index contributed by atoms with van der Waals surface area (Å²) >= 11 is 0. The molecule has 2 N–H and O–H groups in total. The summed E-state index contributed by atoms with van der Waals surface area (Å²) in [6, 6.07) is 2.25. The number of sulfone groups is 1. The van der Waals surface area contributed by atoms with Gasteiger partial charge in [0.25, 0.3) is 0 Å². The average Bonchev–Trinajstić information content (AvgIpc) is 2.71. The van der Waals surface area contributed by atoms with Crippen LogP contribution >= 0.6 is 0 Å². The van der Waals surface area contributed by atoms with Gasteiger partial charge in [0, 0.05) is 12.1 Å². The lowest BCUT2D eigenvalue weighted by atomic mass is 10.1. The normalized spacial score (nSPS) is 19.6. The maximum Gasteiger partial charge on any atom is 0.242 e. The molecule has 0 spiro atoms. The van der Waals surface area contributed by atoms with Crippen LogP contribution in [0.5, 0.6) is 0 Å². The highest BCUT2D eigenvalue weighted by Gasteiger charge is 2.31. The lowest BCUT2D eigenvalue weighted by Gasteiger charge is -2.17. The van der Waals surface area contributed by atoms with Crippen LogP contribution in [0, 0.1) is 11.6 Å². The first-order valence-electron chi connectivity index (χ1n) is 7.95. The van der Waals surface area contributed by atoms with E-state index in [0.29, 0.717) is 19.4 Å². The molecule has 1 aliphatic heterocycles. The summed E-state index contributed by atoms with van der Waals surface area (Å²) < 4.78 is 52.2. The summed E-state index contributed by atoms with van der Waals surface area (Å²) in [6.45, 7) is 1.63. The van der Waals surface area contributed by atoms with Crippen molar-refractivity contribution in [1.29, 1.82) is 0 Å². The monoisotopic (exact) mass is 374 g/mol. The Morgan fingerprint density at radius 2 is 1.96 bits per heavy atom. The molecule has 1 saturated heterocycles. The van der Waals surface area contributed by atoms with Gasteiger partial charge in [0.15, 0.2) is 9.84 Å². The van der Waals surface area contributed by atoms with E-state index in [-0.39, 0.29) is 5.91 Å². The zero-order chi connectivity index (χ0) is 18.6. The van der Waals surface area contributed by atoms with E-state index in [9.17, 15) is 26.8 Å². The van der Waals surface area contributed by atoms with E-state index >= 15 is 0 Å². The summed E-state index contributed by atoms with van der Waals surface area (Å²) in [6.07, 6.45) is 1.91. The number of nitrogens with one attached hydrogen (secondary N) is 2. The topological polar surface area (TPSA) is 92.3 Å². The molecule has 1 heterocycles. The van der Waals surface area contributed by atoms with Crippen LogP contribution in [0.1, 0.15) is 37.0 Å². The van der Waals surface area contributed by atoms with Crippen molar-refractivity contribution in [2.24, 2.45) is 0 Å². The number of carbonyl (C=O) groups is 2. The smallest absolute Gasteiger partial charge is 0.242 e. The third-order valence-corrected chi connectivity index (χ3v) is 6.13. The molecule has 2 amide bonds. The Balaban J connectivity index is 2.09. The van der Waals surface area contributed by atoms with Crippen molar-refractivity contribution in [3.63, 3.8) is 0 Å². The highest BCUT2D eigenvalue weighted by atomic mass is 32.2. The highest BCUT2D eigenvalue weighted by Crippen LogP contribution is 2.27. The van der Waals surface area contributed by atoms with Gasteiger partial charge in [-0.1, -0.05) is 6.07 Å². The van der Waals surface area contributed by atoms with Crippen molar-refractivity contribution in [3.8, 4) is 0 Å². The largest absolute Gasteiger partial charge is 0.354 e. The minimum atomic E-state index is -4.16. The molecule has 0 radical (unpaired) electrons. The number of halogens is 2. The molecule has 1 aromatic carbocycles. The minimum absolute atomic E-state index is 0.364. The molecule has 138 valence electrons. The predicted octanol–water partition coefficient (Wildman–Crippen LogP) is 1.23. The third kappa shape index (κ3) is 4.75. The summed E-state index contributed by atoms with van der Waals surface area (Å²) in [4.78, 5) is 23.8. The van der Waals surface area contributed by atoms with E-state index in [1.54, 1.807) is 0 Å². The minimum Gasteiger partial charge on any atom is -0.354 e. The van der Waals surface area contributed by atoms with Crippen LogP contribution < -0.4 is 10.6 Å². The Labute approximate surface area is 144 Å². The second kappa shape index (κ2) is 7.90. The first-order chi connectivity index (χ1) is 11.7. The number of amides is 2. The van der Waals surface area contributed by atoms with Crippen LogP contribution in [0.4, 0.5) is 8.78 Å². The third-order valence-electron chi connectivity index (χ3n) is 4.15. The Kier molecular flexibility index (Phi) is 6.10. The number of benzene rings is 1. The maximum absolute atomic E-state index is 13.8. The van der Waals surface area contributed by atoms with Crippen LogP contribution in [0.3, 0.4) is 0 Å². The number of rotatable bonds is 5. The molecule has 0 bridgehead atoms. The van der Waals surface area contributed by atoms with E-state index in [0.717, 1.165) is 31.5 Å². The average molecular weight is 374 g/mol. The fourth-order valence-corrected chi connectivity index (χ4v) is 3.98. The molecule has 1 aliphatic rings. The lowest BCUT2D eigenvalue weighted by molar-refractivity contribution is -0.127. The second-order valence-corrected chi connectivity index (χ2v) is 8.31. The fraction of sp³-hybridized carbons (Fsp3) is 0.500. The molecular formula is C16H20F2N2O4S. The van der Waals surface area contributed by atoms with Crippen LogP contribution in [-0.2, 0) is 19.4 Å². The van der Waals surface area contributed by atoms with Crippen LogP contribution in [-0.4, -0.2) is 38.6 Å². The van der Waals surface area contributed by atoms with Gasteiger partial charge in [-0.05, 0) is 38.3 Å². The molecular weight excluding hydrogens is 354 g/mol. The van der Waals surface area contributed by atoms with Crippen molar-refractivity contribution >= 4 is 21.7 Å². The van der Waals surface area contributed by atoms with E-state index in [1.165, 1.54) is 0 Å². The molecule has 2 rings (SSSR count). The number of hydrogen-bond acceptors (Lipinski definition) is 4. The molecule has 0 aromatic heterocycles.